The van der Waals surface area contributed by atoms with Crippen LogP contribution in [0.2, 0.25) is 0 Å². The number of benzene rings is 2. The molecule has 0 spiro atoms. The van der Waals surface area contributed by atoms with Crippen LogP contribution in [0.15, 0.2) is 83.4 Å². The Morgan fingerprint density at radius 2 is 1.86 bits per heavy atom. The molecule has 1 aliphatic heterocycles. The summed E-state index contributed by atoms with van der Waals surface area (Å²) in [5.74, 6) is 2.16. The molecule has 1 N–H and O–H groups in total. The molecular weight excluding hydrogens is 480 g/mol. The Morgan fingerprint density at radius 1 is 1.06 bits per heavy atom. The van der Waals surface area contributed by atoms with Gasteiger partial charge in [0, 0.05) is 18.3 Å². The minimum Gasteiger partial charge on any atom is -0.497 e. The Morgan fingerprint density at radius 3 is 2.58 bits per heavy atom. The smallest absolute Gasteiger partial charge is 0.280 e. The molecule has 0 amide bonds. The number of thiocarbonyl (C=S) groups is 1. The number of nitro benzene ring substituents is 1. The fourth-order valence-electron chi connectivity index (χ4n) is 4.39. The van der Waals surface area contributed by atoms with Crippen LogP contribution in [-0.2, 0) is 0 Å². The highest BCUT2D eigenvalue weighted by Gasteiger charge is 2.43. The van der Waals surface area contributed by atoms with Crippen LogP contribution < -0.4 is 19.7 Å². The second-order valence-corrected chi connectivity index (χ2v) is 8.40. The lowest BCUT2D eigenvalue weighted by Crippen LogP contribution is -2.29. The highest BCUT2D eigenvalue weighted by atomic mass is 32.1. The van der Waals surface area contributed by atoms with Gasteiger partial charge in [-0.25, -0.2) is 0 Å². The van der Waals surface area contributed by atoms with Crippen molar-refractivity contribution in [3.63, 3.8) is 0 Å². The van der Waals surface area contributed by atoms with Gasteiger partial charge in [0.1, 0.15) is 29.1 Å². The van der Waals surface area contributed by atoms with Crippen molar-refractivity contribution < 1.29 is 18.8 Å². The first kappa shape index (κ1) is 23.3. The van der Waals surface area contributed by atoms with Crippen LogP contribution in [0, 0.1) is 10.1 Å². The molecular formula is C26H22N4O5S. The lowest BCUT2D eigenvalue weighted by Gasteiger charge is -2.27. The number of furan rings is 1. The molecule has 9 nitrogen and oxygen atoms in total. The van der Waals surface area contributed by atoms with Gasteiger partial charge in [-0.15, -0.1) is 0 Å². The standard InChI is InChI=1S/C26H22N4O5S/c1-33-16-10-11-22(34-2)20(15-16)29-25(24(28-26(29)36)18-8-5-6-14-27-18)23-13-12-21(35-23)17-7-3-4-9-19(17)30(31)32/h3-15,24-25H,1-2H3,(H,28,36)/t24-,25+/m1/s1. The molecule has 5 rings (SSSR count). The van der Waals surface area contributed by atoms with Crippen molar-refractivity contribution >= 4 is 28.7 Å². The van der Waals surface area contributed by atoms with E-state index in [1.54, 1.807) is 50.7 Å². The van der Waals surface area contributed by atoms with Crippen molar-refractivity contribution in [3.8, 4) is 22.8 Å². The Hall–Kier alpha value is -4.44. The van der Waals surface area contributed by atoms with E-state index >= 15 is 0 Å². The number of pyridine rings is 1. The van der Waals surface area contributed by atoms with E-state index in [1.165, 1.54) is 6.07 Å². The highest BCUT2D eigenvalue weighted by molar-refractivity contribution is 7.80. The highest BCUT2D eigenvalue weighted by Crippen LogP contribution is 2.46. The molecule has 182 valence electrons. The number of hydrogen-bond acceptors (Lipinski definition) is 7. The van der Waals surface area contributed by atoms with Crippen LogP contribution in [-0.4, -0.2) is 29.2 Å². The third-order valence-corrected chi connectivity index (χ3v) is 6.34. The first-order valence-corrected chi connectivity index (χ1v) is 11.5. The molecule has 1 saturated heterocycles. The van der Waals surface area contributed by atoms with Crippen molar-refractivity contribution in [2.75, 3.05) is 19.1 Å². The molecule has 0 bridgehead atoms. The van der Waals surface area contributed by atoms with Crippen molar-refractivity contribution in [1.29, 1.82) is 0 Å². The van der Waals surface area contributed by atoms with Crippen molar-refractivity contribution in [2.45, 2.75) is 12.1 Å². The molecule has 4 aromatic rings. The maximum atomic E-state index is 11.6. The van der Waals surface area contributed by atoms with Gasteiger partial charge in [0.25, 0.3) is 5.69 Å². The Bertz CT molecular complexity index is 1420. The van der Waals surface area contributed by atoms with Gasteiger partial charge in [-0.2, -0.15) is 0 Å². The minimum atomic E-state index is -0.468. The number of rotatable bonds is 7. The summed E-state index contributed by atoms with van der Waals surface area (Å²) < 4.78 is 17.4. The Balaban J connectivity index is 1.66. The van der Waals surface area contributed by atoms with E-state index in [-0.39, 0.29) is 11.7 Å². The van der Waals surface area contributed by atoms with Crippen LogP contribution in [0.1, 0.15) is 23.5 Å². The monoisotopic (exact) mass is 502 g/mol. The number of nitrogens with one attached hydrogen (secondary N) is 1. The normalized spacial score (nSPS) is 17.1. The number of para-hydroxylation sites is 1. The maximum absolute atomic E-state index is 11.6. The van der Waals surface area contributed by atoms with E-state index < -0.39 is 11.0 Å². The maximum Gasteiger partial charge on any atom is 0.280 e. The average Bonchev–Trinajstić information content (AvgIpc) is 3.53. The SMILES string of the molecule is COc1ccc(OC)c(N2C(=S)N[C@H](c3ccccn3)[C@@H]2c2ccc(-c3ccccc3[N+](=O)[O-])o2)c1. The van der Waals surface area contributed by atoms with Gasteiger partial charge in [-0.1, -0.05) is 18.2 Å². The van der Waals surface area contributed by atoms with E-state index in [9.17, 15) is 10.1 Å². The molecule has 10 heteroatoms. The summed E-state index contributed by atoms with van der Waals surface area (Å²) in [6.45, 7) is 0. The molecule has 0 saturated carbocycles. The Labute approximate surface area is 212 Å². The summed E-state index contributed by atoms with van der Waals surface area (Å²) in [5, 5.41) is 15.4. The van der Waals surface area contributed by atoms with Crippen LogP contribution in [0.25, 0.3) is 11.3 Å². The number of methoxy groups -OCH3 is 2. The molecule has 0 radical (unpaired) electrons. The molecule has 2 aromatic heterocycles. The fourth-order valence-corrected chi connectivity index (χ4v) is 4.72. The lowest BCUT2D eigenvalue weighted by molar-refractivity contribution is -0.384. The number of hydrogen-bond donors (Lipinski definition) is 1. The van der Waals surface area contributed by atoms with Crippen LogP contribution in [0.3, 0.4) is 0 Å². The molecule has 3 heterocycles. The number of aromatic nitrogens is 1. The predicted octanol–water partition coefficient (Wildman–Crippen LogP) is 5.44. The molecule has 0 unspecified atom stereocenters. The molecule has 0 aliphatic carbocycles. The number of ether oxygens (including phenoxy) is 2. The summed E-state index contributed by atoms with van der Waals surface area (Å²) in [4.78, 5) is 17.6. The zero-order valence-corrected chi connectivity index (χ0v) is 20.3. The van der Waals surface area contributed by atoms with E-state index in [1.807, 2.05) is 41.3 Å². The Kier molecular flexibility index (Phi) is 6.26. The van der Waals surface area contributed by atoms with Crippen LogP contribution in [0.5, 0.6) is 11.5 Å². The topological polar surface area (TPSA) is 103 Å². The number of nitro groups is 1. The summed E-state index contributed by atoms with van der Waals surface area (Å²) >= 11 is 5.78. The number of anilines is 1. The van der Waals surface area contributed by atoms with Gasteiger partial charge in [-0.3, -0.25) is 15.1 Å². The second-order valence-electron chi connectivity index (χ2n) is 8.01. The van der Waals surface area contributed by atoms with Gasteiger partial charge in [0.15, 0.2) is 5.11 Å². The molecule has 36 heavy (non-hydrogen) atoms. The summed E-state index contributed by atoms with van der Waals surface area (Å²) in [7, 11) is 3.18. The van der Waals surface area contributed by atoms with Crippen molar-refractivity contribution in [1.82, 2.24) is 10.3 Å². The van der Waals surface area contributed by atoms with E-state index in [0.29, 0.717) is 39.4 Å². The van der Waals surface area contributed by atoms with Crippen molar-refractivity contribution in [2.24, 2.45) is 0 Å². The molecule has 1 fully saturated rings. The zero-order chi connectivity index (χ0) is 25.2. The lowest BCUT2D eigenvalue weighted by atomic mass is 10.0. The van der Waals surface area contributed by atoms with Gasteiger partial charge in [0.2, 0.25) is 0 Å². The summed E-state index contributed by atoms with van der Waals surface area (Å²) in [6.07, 6.45) is 1.72. The minimum absolute atomic E-state index is 0.0361. The van der Waals surface area contributed by atoms with Gasteiger partial charge >= 0.3 is 0 Å². The van der Waals surface area contributed by atoms with E-state index in [2.05, 4.69) is 10.3 Å². The van der Waals surface area contributed by atoms with Crippen LogP contribution in [0.4, 0.5) is 11.4 Å². The molecule has 1 aliphatic rings. The fraction of sp³-hybridized carbons (Fsp3) is 0.154. The zero-order valence-electron chi connectivity index (χ0n) is 19.5. The largest absolute Gasteiger partial charge is 0.497 e. The van der Waals surface area contributed by atoms with Gasteiger partial charge in [-0.05, 0) is 54.7 Å². The predicted molar refractivity (Wildman–Crippen MR) is 138 cm³/mol. The first-order valence-electron chi connectivity index (χ1n) is 11.1. The molecule has 2 atom stereocenters. The van der Waals surface area contributed by atoms with Gasteiger partial charge < -0.3 is 24.1 Å². The van der Waals surface area contributed by atoms with Crippen LogP contribution >= 0.6 is 12.2 Å². The molecule has 2 aromatic carbocycles. The average molecular weight is 503 g/mol. The van der Waals surface area contributed by atoms with E-state index in [0.717, 1.165) is 5.69 Å². The second kappa shape index (κ2) is 9.67. The first-order chi connectivity index (χ1) is 17.5. The van der Waals surface area contributed by atoms with E-state index in [4.69, 9.17) is 26.1 Å². The summed E-state index contributed by atoms with van der Waals surface area (Å²) in [5.41, 5.74) is 1.80. The third kappa shape index (κ3) is 4.11. The number of nitrogens with zero attached hydrogens (tertiary/aromatic N) is 3. The quantitative estimate of drug-likeness (QED) is 0.201. The third-order valence-electron chi connectivity index (χ3n) is 6.03. The van der Waals surface area contributed by atoms with Gasteiger partial charge in [0.05, 0.1) is 42.1 Å². The summed E-state index contributed by atoms with van der Waals surface area (Å²) in [6, 6.07) is 20.3. The van der Waals surface area contributed by atoms with Crippen molar-refractivity contribution in [3.05, 3.63) is 101 Å².